The lowest BCUT2D eigenvalue weighted by atomic mass is 9.86. The van der Waals surface area contributed by atoms with Crippen LogP contribution in [0.25, 0.3) is 6.08 Å². The number of carbonyl (C=O) groups is 1. The van der Waals surface area contributed by atoms with Crippen molar-refractivity contribution < 1.29 is 22.7 Å². The number of aromatic nitrogens is 2. The van der Waals surface area contributed by atoms with Crippen LogP contribution in [0.5, 0.6) is 17.4 Å². The predicted molar refractivity (Wildman–Crippen MR) is 141 cm³/mol. The molecule has 2 N–H and O–H groups in total. The Morgan fingerprint density at radius 2 is 1.78 bits per heavy atom. The second-order valence-electron chi connectivity index (χ2n) is 9.25. The molecule has 0 bridgehead atoms. The minimum atomic E-state index is -3.59. The first-order valence-electron chi connectivity index (χ1n) is 11.1. The van der Waals surface area contributed by atoms with E-state index in [2.05, 4.69) is 26.6 Å². The number of anilines is 2. The van der Waals surface area contributed by atoms with Crippen LogP contribution in [-0.4, -0.2) is 37.7 Å². The van der Waals surface area contributed by atoms with Crippen molar-refractivity contribution in [3.05, 3.63) is 71.7 Å². The third-order valence-corrected chi connectivity index (χ3v) is 5.83. The molecule has 36 heavy (non-hydrogen) atoms. The van der Waals surface area contributed by atoms with Gasteiger partial charge < -0.3 is 14.8 Å². The molecule has 0 saturated carbocycles. The third kappa shape index (κ3) is 6.60. The minimum Gasteiger partial charge on any atom is -0.492 e. The van der Waals surface area contributed by atoms with Crippen molar-refractivity contribution in [2.75, 3.05) is 23.4 Å². The van der Waals surface area contributed by atoms with E-state index in [9.17, 15) is 13.2 Å². The summed E-state index contributed by atoms with van der Waals surface area (Å²) < 4.78 is 37.8. The van der Waals surface area contributed by atoms with Gasteiger partial charge in [0, 0.05) is 11.6 Å². The molecule has 0 saturated heterocycles. The van der Waals surface area contributed by atoms with Gasteiger partial charge in [0.05, 0.1) is 30.4 Å². The number of amides is 1. The number of rotatable bonds is 8. The molecule has 0 aliphatic carbocycles. The van der Waals surface area contributed by atoms with Crippen LogP contribution >= 0.6 is 0 Å². The van der Waals surface area contributed by atoms with E-state index >= 15 is 0 Å². The number of nitrogens with one attached hydrogen (secondary N) is 2. The molecule has 1 heterocycles. The first kappa shape index (κ1) is 26.7. The Morgan fingerprint density at radius 1 is 1.08 bits per heavy atom. The van der Waals surface area contributed by atoms with Crippen molar-refractivity contribution in [1.82, 2.24) is 9.97 Å². The van der Waals surface area contributed by atoms with E-state index in [1.165, 1.54) is 13.4 Å². The molecule has 0 aliphatic rings. The second-order valence-corrected chi connectivity index (χ2v) is 11.0. The van der Waals surface area contributed by atoms with Gasteiger partial charge in [-0.1, -0.05) is 33.4 Å². The molecule has 2 aromatic carbocycles. The van der Waals surface area contributed by atoms with Crippen LogP contribution in [0.15, 0.2) is 49.3 Å². The summed E-state index contributed by atoms with van der Waals surface area (Å²) >= 11 is 0. The Hall–Kier alpha value is -3.92. The van der Waals surface area contributed by atoms with E-state index in [0.29, 0.717) is 28.6 Å². The molecule has 0 radical (unpaired) electrons. The van der Waals surface area contributed by atoms with E-state index in [1.807, 2.05) is 27.7 Å². The smallest absolute Gasteiger partial charge is 0.255 e. The summed E-state index contributed by atoms with van der Waals surface area (Å²) in [6.07, 6.45) is 4.00. The van der Waals surface area contributed by atoms with Crippen molar-refractivity contribution in [3.63, 3.8) is 0 Å². The lowest BCUT2D eigenvalue weighted by molar-refractivity contribution is 0.102. The maximum absolute atomic E-state index is 13.3. The number of sulfonamides is 1. The summed E-state index contributed by atoms with van der Waals surface area (Å²) in [6, 6.07) is 10.1. The molecule has 0 aliphatic heterocycles. The van der Waals surface area contributed by atoms with Crippen molar-refractivity contribution in [2.24, 2.45) is 0 Å². The van der Waals surface area contributed by atoms with Gasteiger partial charge in [-0.3, -0.25) is 9.52 Å². The first-order chi connectivity index (χ1) is 16.8. The third-order valence-electron chi connectivity index (χ3n) is 5.24. The largest absolute Gasteiger partial charge is 0.492 e. The quantitative estimate of drug-likeness (QED) is 0.430. The first-order valence-corrected chi connectivity index (χ1v) is 12.9. The van der Waals surface area contributed by atoms with Crippen molar-refractivity contribution in [1.29, 1.82) is 0 Å². The predicted octanol–water partition coefficient (Wildman–Crippen LogP) is 5.15. The summed E-state index contributed by atoms with van der Waals surface area (Å²) in [5.41, 5.74) is 2.78. The number of carbonyl (C=O) groups excluding carboxylic acids is 1. The van der Waals surface area contributed by atoms with Crippen LogP contribution in [0.4, 0.5) is 11.4 Å². The van der Waals surface area contributed by atoms with E-state index < -0.39 is 15.9 Å². The summed E-state index contributed by atoms with van der Waals surface area (Å²) in [5.74, 6) is 0.537. The monoisotopic (exact) mass is 510 g/mol. The Balaban J connectivity index is 1.98. The highest BCUT2D eigenvalue weighted by Crippen LogP contribution is 2.39. The highest BCUT2D eigenvalue weighted by atomic mass is 32.2. The fourth-order valence-electron chi connectivity index (χ4n) is 3.33. The number of nitrogens with zero attached hydrogens (tertiary/aromatic N) is 2. The van der Waals surface area contributed by atoms with Crippen LogP contribution < -0.4 is 19.5 Å². The van der Waals surface area contributed by atoms with Gasteiger partial charge in [-0.05, 0) is 53.8 Å². The summed E-state index contributed by atoms with van der Waals surface area (Å²) in [5, 5.41) is 2.85. The van der Waals surface area contributed by atoms with Gasteiger partial charge in [-0.15, -0.1) is 0 Å². The zero-order valence-corrected chi connectivity index (χ0v) is 22.0. The van der Waals surface area contributed by atoms with E-state index in [0.717, 1.165) is 17.4 Å². The Morgan fingerprint density at radius 3 is 2.39 bits per heavy atom. The molecule has 0 unspecified atom stereocenters. The zero-order chi connectivity index (χ0) is 26.7. The maximum atomic E-state index is 13.3. The lowest BCUT2D eigenvalue weighted by Gasteiger charge is -2.24. The Bertz CT molecular complexity index is 1410. The number of hydrogen-bond acceptors (Lipinski definition) is 7. The average molecular weight is 511 g/mol. The molecule has 10 heteroatoms. The van der Waals surface area contributed by atoms with Crippen molar-refractivity contribution in [2.45, 2.75) is 33.1 Å². The van der Waals surface area contributed by atoms with Crippen LogP contribution in [0.1, 0.15) is 48.0 Å². The number of methoxy groups -OCH3 is 1. The highest BCUT2D eigenvalue weighted by molar-refractivity contribution is 7.92. The summed E-state index contributed by atoms with van der Waals surface area (Å²) in [4.78, 5) is 21.4. The standard InChI is InChI=1S/C26H30N4O5S/c1-8-19-14-23(28-15-27-19)35-22-11-17(10-9-16(22)2)25(31)29-20-12-18(26(3,4)5)13-21(24(20)34-6)30-36(7,32)33/h8-15,30H,1H2,2-7H3,(H,29,31). The molecule has 3 rings (SSSR count). The van der Waals surface area contributed by atoms with E-state index in [4.69, 9.17) is 9.47 Å². The van der Waals surface area contributed by atoms with Crippen LogP contribution in [0.3, 0.4) is 0 Å². The molecular weight excluding hydrogens is 480 g/mol. The average Bonchev–Trinajstić information content (AvgIpc) is 2.78. The van der Waals surface area contributed by atoms with Gasteiger partial charge in [0.1, 0.15) is 12.1 Å². The van der Waals surface area contributed by atoms with Gasteiger partial charge in [-0.25, -0.2) is 18.4 Å². The molecule has 9 nitrogen and oxygen atoms in total. The molecule has 0 fully saturated rings. The van der Waals surface area contributed by atoms with Crippen LogP contribution in [0, 0.1) is 6.92 Å². The molecule has 190 valence electrons. The lowest BCUT2D eigenvalue weighted by Crippen LogP contribution is -2.18. The van der Waals surface area contributed by atoms with E-state index in [-0.39, 0.29) is 16.9 Å². The fourth-order valence-corrected chi connectivity index (χ4v) is 3.88. The van der Waals surface area contributed by atoms with Gasteiger partial charge in [0.25, 0.3) is 5.91 Å². The van der Waals surface area contributed by atoms with Gasteiger partial charge in [-0.2, -0.15) is 0 Å². The fraction of sp³-hybridized carbons (Fsp3) is 0.269. The van der Waals surface area contributed by atoms with E-state index in [1.54, 1.807) is 42.5 Å². The molecule has 0 atom stereocenters. The van der Waals surface area contributed by atoms with Gasteiger partial charge in [0.2, 0.25) is 15.9 Å². The van der Waals surface area contributed by atoms with Crippen LogP contribution in [-0.2, 0) is 15.4 Å². The molecule has 1 amide bonds. The number of benzene rings is 2. The molecule has 3 aromatic rings. The number of hydrogen-bond donors (Lipinski definition) is 2. The van der Waals surface area contributed by atoms with Gasteiger partial charge >= 0.3 is 0 Å². The molecule has 0 spiro atoms. The normalized spacial score (nSPS) is 11.5. The summed E-state index contributed by atoms with van der Waals surface area (Å²) in [7, 11) is -2.18. The van der Waals surface area contributed by atoms with Crippen molar-refractivity contribution in [3.8, 4) is 17.4 Å². The Labute approximate surface area is 211 Å². The summed E-state index contributed by atoms with van der Waals surface area (Å²) in [6.45, 7) is 11.5. The minimum absolute atomic E-state index is 0.198. The molecule has 1 aromatic heterocycles. The maximum Gasteiger partial charge on any atom is 0.255 e. The zero-order valence-electron chi connectivity index (χ0n) is 21.2. The highest BCUT2D eigenvalue weighted by Gasteiger charge is 2.22. The van der Waals surface area contributed by atoms with Gasteiger partial charge in [0.15, 0.2) is 5.75 Å². The second kappa shape index (κ2) is 10.4. The van der Waals surface area contributed by atoms with Crippen molar-refractivity contribution >= 4 is 33.4 Å². The SMILES string of the molecule is C=Cc1cc(Oc2cc(C(=O)Nc3cc(C(C)(C)C)cc(NS(C)(=O)=O)c3OC)ccc2C)ncn1. The van der Waals surface area contributed by atoms with Crippen LogP contribution in [0.2, 0.25) is 0 Å². The topological polar surface area (TPSA) is 120 Å². The molecular formula is C26H30N4O5S. The Kier molecular flexibility index (Phi) is 7.68. The number of aryl methyl sites for hydroxylation is 1. The number of ether oxygens (including phenoxy) is 2.